The molecule has 2 atom stereocenters. The fourth-order valence-electron chi connectivity index (χ4n) is 2.13. The highest BCUT2D eigenvalue weighted by atomic mass is 19.1. The van der Waals surface area contributed by atoms with Gasteiger partial charge in [-0.2, -0.15) is 0 Å². The summed E-state index contributed by atoms with van der Waals surface area (Å²) < 4.78 is 17.8. The van der Waals surface area contributed by atoms with Crippen molar-refractivity contribution < 1.29 is 23.6 Å². The van der Waals surface area contributed by atoms with Gasteiger partial charge in [-0.05, 0) is 24.6 Å². The molecule has 0 aliphatic carbocycles. The molecule has 0 fully saturated rings. The summed E-state index contributed by atoms with van der Waals surface area (Å²) in [6.45, 7) is 2.34. The monoisotopic (exact) mass is 337 g/mol. The van der Waals surface area contributed by atoms with E-state index in [1.807, 2.05) is 0 Å². The van der Waals surface area contributed by atoms with Gasteiger partial charge in [0.25, 0.3) is 5.91 Å². The number of benzene rings is 1. The summed E-state index contributed by atoms with van der Waals surface area (Å²) in [5, 5.41) is 9.08. The molecule has 130 valence electrons. The summed E-state index contributed by atoms with van der Waals surface area (Å²) in [6.07, 6.45) is -0.547. The molecule has 1 heterocycles. The molecule has 0 aromatic heterocycles. The third kappa shape index (κ3) is 4.76. The number of hydrogen-bond acceptors (Lipinski definition) is 5. The molecule has 0 radical (unpaired) electrons. The quantitative estimate of drug-likeness (QED) is 0.713. The van der Waals surface area contributed by atoms with Gasteiger partial charge < -0.3 is 20.2 Å². The van der Waals surface area contributed by atoms with Crippen molar-refractivity contribution >= 4 is 17.5 Å². The number of oxime groups is 1. The van der Waals surface area contributed by atoms with Gasteiger partial charge in [0, 0.05) is 20.1 Å². The maximum Gasteiger partial charge on any atom is 0.264 e. The van der Waals surface area contributed by atoms with Crippen molar-refractivity contribution in [3.05, 3.63) is 35.6 Å². The van der Waals surface area contributed by atoms with Gasteiger partial charge in [0.2, 0.25) is 12.0 Å². The second-order valence-corrected chi connectivity index (χ2v) is 5.36. The van der Waals surface area contributed by atoms with E-state index >= 15 is 0 Å². The van der Waals surface area contributed by atoms with E-state index in [1.165, 1.54) is 19.2 Å². The van der Waals surface area contributed by atoms with Crippen LogP contribution in [0.15, 0.2) is 29.4 Å². The van der Waals surface area contributed by atoms with Crippen LogP contribution in [0.3, 0.4) is 0 Å². The lowest BCUT2D eigenvalue weighted by molar-refractivity contribution is -0.135. The van der Waals surface area contributed by atoms with Gasteiger partial charge in [-0.25, -0.2) is 4.39 Å². The number of halogens is 1. The lowest BCUT2D eigenvalue weighted by Crippen LogP contribution is -2.48. The Labute approximate surface area is 139 Å². The predicted molar refractivity (Wildman–Crippen MR) is 84.9 cm³/mol. The molecule has 2 rings (SSSR count). The van der Waals surface area contributed by atoms with E-state index in [0.717, 1.165) is 0 Å². The topological polar surface area (TPSA) is 89.0 Å². The number of rotatable bonds is 7. The lowest BCUT2D eigenvalue weighted by atomic mass is 10.0. The number of nitrogens with zero attached hydrogens (tertiary/aromatic N) is 1. The SMILES string of the molecule is COCCNC(=O)[C@@H](C)NC(=O)[C@@H]1CC(c2ccc(F)cc2)=NO1. The Morgan fingerprint density at radius 2 is 2.12 bits per heavy atom. The summed E-state index contributed by atoms with van der Waals surface area (Å²) >= 11 is 0. The molecule has 0 saturated carbocycles. The molecule has 2 amide bonds. The Hall–Kier alpha value is -2.48. The Balaban J connectivity index is 1.82. The van der Waals surface area contributed by atoms with Crippen LogP contribution >= 0.6 is 0 Å². The Morgan fingerprint density at radius 1 is 1.42 bits per heavy atom. The third-order valence-corrected chi connectivity index (χ3v) is 3.50. The van der Waals surface area contributed by atoms with Crippen LogP contribution in [0, 0.1) is 5.82 Å². The summed E-state index contributed by atoms with van der Waals surface area (Å²) in [6, 6.07) is 5.08. The summed E-state index contributed by atoms with van der Waals surface area (Å²) in [5.41, 5.74) is 1.25. The number of ether oxygens (including phenoxy) is 1. The molecule has 7 nitrogen and oxygen atoms in total. The minimum absolute atomic E-state index is 0.259. The van der Waals surface area contributed by atoms with Crippen molar-refractivity contribution in [3.63, 3.8) is 0 Å². The molecule has 0 spiro atoms. The number of methoxy groups -OCH3 is 1. The third-order valence-electron chi connectivity index (χ3n) is 3.50. The predicted octanol–water partition coefficient (Wildman–Crippen LogP) is 0.586. The van der Waals surface area contributed by atoms with Gasteiger partial charge in [0.1, 0.15) is 11.9 Å². The summed E-state index contributed by atoms with van der Waals surface area (Å²) in [4.78, 5) is 29.1. The lowest BCUT2D eigenvalue weighted by Gasteiger charge is -2.16. The number of nitrogens with one attached hydrogen (secondary N) is 2. The van der Waals surface area contributed by atoms with Gasteiger partial charge >= 0.3 is 0 Å². The number of carbonyl (C=O) groups is 2. The fourth-order valence-corrected chi connectivity index (χ4v) is 2.13. The number of carbonyl (C=O) groups excluding carboxylic acids is 2. The van der Waals surface area contributed by atoms with Crippen LogP contribution in [0.1, 0.15) is 18.9 Å². The van der Waals surface area contributed by atoms with Crippen LogP contribution in [0.25, 0.3) is 0 Å². The Morgan fingerprint density at radius 3 is 2.79 bits per heavy atom. The van der Waals surface area contributed by atoms with Gasteiger partial charge in [0.05, 0.1) is 12.3 Å². The molecule has 0 unspecified atom stereocenters. The van der Waals surface area contributed by atoms with E-state index in [1.54, 1.807) is 19.1 Å². The molecular weight excluding hydrogens is 317 g/mol. The van der Waals surface area contributed by atoms with Crippen LogP contribution in [0.5, 0.6) is 0 Å². The van der Waals surface area contributed by atoms with Crippen molar-refractivity contribution in [2.75, 3.05) is 20.3 Å². The first-order chi connectivity index (χ1) is 11.5. The number of amides is 2. The zero-order valence-electron chi connectivity index (χ0n) is 13.5. The second kappa shape index (κ2) is 8.39. The normalized spacial score (nSPS) is 17.6. The molecule has 0 bridgehead atoms. The highest BCUT2D eigenvalue weighted by Crippen LogP contribution is 2.17. The highest BCUT2D eigenvalue weighted by molar-refractivity contribution is 6.04. The maximum atomic E-state index is 12.9. The largest absolute Gasteiger partial charge is 0.383 e. The number of hydrogen-bond donors (Lipinski definition) is 2. The van der Waals surface area contributed by atoms with Crippen LogP contribution in [0.2, 0.25) is 0 Å². The molecule has 2 N–H and O–H groups in total. The highest BCUT2D eigenvalue weighted by Gasteiger charge is 2.30. The molecule has 1 aliphatic rings. The van der Waals surface area contributed by atoms with Crippen molar-refractivity contribution in [1.82, 2.24) is 10.6 Å². The van der Waals surface area contributed by atoms with Gasteiger partial charge in [-0.3, -0.25) is 9.59 Å². The zero-order chi connectivity index (χ0) is 17.5. The Bertz CT molecular complexity index is 618. The first-order valence-electron chi connectivity index (χ1n) is 7.57. The van der Waals surface area contributed by atoms with Crippen molar-refractivity contribution in [1.29, 1.82) is 0 Å². The van der Waals surface area contributed by atoms with E-state index in [0.29, 0.717) is 24.4 Å². The molecule has 0 saturated heterocycles. The van der Waals surface area contributed by atoms with E-state index in [2.05, 4.69) is 15.8 Å². The average molecular weight is 337 g/mol. The molecule has 1 aliphatic heterocycles. The first-order valence-corrected chi connectivity index (χ1v) is 7.57. The molecular formula is C16H20FN3O4. The molecule has 1 aromatic rings. The summed E-state index contributed by atoms with van der Waals surface area (Å²) in [7, 11) is 1.54. The van der Waals surface area contributed by atoms with Gasteiger partial charge in [0.15, 0.2) is 0 Å². The molecule has 1 aromatic carbocycles. The average Bonchev–Trinajstić information content (AvgIpc) is 3.05. The van der Waals surface area contributed by atoms with Crippen molar-refractivity contribution in [2.24, 2.45) is 5.16 Å². The van der Waals surface area contributed by atoms with E-state index in [4.69, 9.17) is 9.57 Å². The fraction of sp³-hybridized carbons (Fsp3) is 0.438. The van der Waals surface area contributed by atoms with Crippen LogP contribution in [-0.4, -0.2) is 49.9 Å². The molecule has 24 heavy (non-hydrogen) atoms. The van der Waals surface area contributed by atoms with Gasteiger partial charge in [-0.15, -0.1) is 0 Å². The van der Waals surface area contributed by atoms with E-state index in [-0.39, 0.29) is 18.1 Å². The Kier molecular flexibility index (Phi) is 6.25. The summed E-state index contributed by atoms with van der Waals surface area (Å²) in [5.74, 6) is -1.08. The standard InChI is InChI=1S/C16H20FN3O4/c1-10(15(21)18-7-8-23-2)19-16(22)14-9-13(20-24-14)11-3-5-12(17)6-4-11/h3-6,10,14H,7-9H2,1-2H3,(H,18,21)(H,19,22)/t10-,14+/m1/s1. The van der Waals surface area contributed by atoms with Crippen LogP contribution in [-0.2, 0) is 19.2 Å². The van der Waals surface area contributed by atoms with E-state index in [9.17, 15) is 14.0 Å². The van der Waals surface area contributed by atoms with Crippen LogP contribution in [0.4, 0.5) is 4.39 Å². The molecule has 8 heteroatoms. The zero-order valence-corrected chi connectivity index (χ0v) is 13.5. The minimum Gasteiger partial charge on any atom is -0.383 e. The first kappa shape index (κ1) is 17.9. The smallest absolute Gasteiger partial charge is 0.264 e. The van der Waals surface area contributed by atoms with Crippen molar-refractivity contribution in [3.8, 4) is 0 Å². The van der Waals surface area contributed by atoms with Crippen molar-refractivity contribution in [2.45, 2.75) is 25.5 Å². The van der Waals surface area contributed by atoms with Gasteiger partial charge in [-0.1, -0.05) is 17.3 Å². The minimum atomic E-state index is -0.806. The van der Waals surface area contributed by atoms with Crippen LogP contribution < -0.4 is 10.6 Å². The van der Waals surface area contributed by atoms with E-state index < -0.39 is 18.1 Å². The second-order valence-electron chi connectivity index (χ2n) is 5.36. The maximum absolute atomic E-state index is 12.9.